The molecular weight excluding hydrogens is 432 g/mol. The molecule has 0 aromatic rings. The van der Waals surface area contributed by atoms with Crippen LogP contribution in [0, 0.1) is 0 Å². The summed E-state index contributed by atoms with van der Waals surface area (Å²) in [6, 6.07) is 0.713. The molecule has 0 atom stereocenters. The van der Waals surface area contributed by atoms with Gasteiger partial charge in [-0.05, 0) is 115 Å². The standard InChI is InChI=1S/C31H48N2O2/c1-4-5-20-24-31(35)33(28(2)3)27-22-19-17-15-13-11-9-7-6-8-10-12-14-16-18-21-23-30(34)32-29-25-26-29/h7-8,12,15-16,19,28-29H,4-5,9-11,13,18,20-27H2,1-3H3,(H,32,34). The molecule has 0 aliphatic heterocycles. The molecule has 1 aliphatic carbocycles. The monoisotopic (exact) mass is 480 g/mol. The van der Waals surface area contributed by atoms with E-state index in [1.807, 2.05) is 29.2 Å². The Morgan fingerprint density at radius 2 is 1.43 bits per heavy atom. The first-order valence-corrected chi connectivity index (χ1v) is 13.8. The highest BCUT2D eigenvalue weighted by molar-refractivity contribution is 5.76. The lowest BCUT2D eigenvalue weighted by Crippen LogP contribution is -2.37. The summed E-state index contributed by atoms with van der Waals surface area (Å²) in [5, 5.41) is 3.01. The molecular formula is C31H48N2O2. The number of unbranched alkanes of at least 4 members (excludes halogenated alkanes) is 5. The lowest BCUT2D eigenvalue weighted by Gasteiger charge is -2.26. The Balaban J connectivity index is 2.07. The first kappa shape index (κ1) is 30.5. The van der Waals surface area contributed by atoms with Crippen molar-refractivity contribution in [1.82, 2.24) is 10.2 Å². The van der Waals surface area contributed by atoms with Crippen LogP contribution < -0.4 is 5.32 Å². The zero-order valence-corrected chi connectivity index (χ0v) is 22.5. The van der Waals surface area contributed by atoms with Crippen LogP contribution in [0.3, 0.4) is 0 Å². The van der Waals surface area contributed by atoms with Gasteiger partial charge in [0.05, 0.1) is 0 Å². The molecule has 0 bridgehead atoms. The normalized spacial score (nSPS) is 12.0. The molecule has 1 aliphatic rings. The highest BCUT2D eigenvalue weighted by Gasteiger charge is 2.22. The fraction of sp³-hybridized carbons (Fsp3) is 0.645. The van der Waals surface area contributed by atoms with Gasteiger partial charge < -0.3 is 10.2 Å². The van der Waals surface area contributed by atoms with Gasteiger partial charge in [0, 0.05) is 31.5 Å². The smallest absolute Gasteiger partial charge is 0.222 e. The summed E-state index contributed by atoms with van der Waals surface area (Å²) in [6.45, 7) is 7.12. The van der Waals surface area contributed by atoms with Crippen molar-refractivity contribution in [3.05, 3.63) is 53.6 Å². The molecule has 4 heteroatoms. The van der Waals surface area contributed by atoms with Gasteiger partial charge in [-0.25, -0.2) is 0 Å². The molecule has 2 amide bonds. The second-order valence-corrected chi connectivity index (χ2v) is 9.55. The molecule has 0 unspecified atom stereocenters. The van der Waals surface area contributed by atoms with Crippen molar-refractivity contribution < 1.29 is 9.59 Å². The summed E-state index contributed by atoms with van der Waals surface area (Å²) in [7, 11) is 0. The predicted molar refractivity (Wildman–Crippen MR) is 147 cm³/mol. The van der Waals surface area contributed by atoms with E-state index in [9.17, 15) is 9.59 Å². The van der Waals surface area contributed by atoms with Gasteiger partial charge in [-0.2, -0.15) is 0 Å². The van der Waals surface area contributed by atoms with Crippen molar-refractivity contribution in [2.75, 3.05) is 6.54 Å². The van der Waals surface area contributed by atoms with Gasteiger partial charge in [-0.15, -0.1) is 17.2 Å². The lowest BCUT2D eigenvalue weighted by molar-refractivity contribution is -0.133. The van der Waals surface area contributed by atoms with Crippen molar-refractivity contribution in [3.63, 3.8) is 0 Å². The number of allylic oxidation sites excluding steroid dienone is 2. The zero-order valence-electron chi connectivity index (χ0n) is 22.5. The molecule has 1 fully saturated rings. The van der Waals surface area contributed by atoms with Crippen LogP contribution >= 0.6 is 0 Å². The molecule has 35 heavy (non-hydrogen) atoms. The summed E-state index contributed by atoms with van der Waals surface area (Å²) >= 11 is 0. The fourth-order valence-corrected chi connectivity index (χ4v) is 3.54. The van der Waals surface area contributed by atoms with E-state index in [2.05, 4.69) is 55.4 Å². The van der Waals surface area contributed by atoms with E-state index in [1.54, 1.807) is 0 Å². The minimum atomic E-state index is 0.184. The molecule has 1 saturated carbocycles. The van der Waals surface area contributed by atoms with Crippen molar-refractivity contribution in [1.29, 1.82) is 0 Å². The van der Waals surface area contributed by atoms with Gasteiger partial charge in [0.25, 0.3) is 0 Å². The van der Waals surface area contributed by atoms with Crippen molar-refractivity contribution >= 4 is 11.8 Å². The quantitative estimate of drug-likeness (QED) is 0.155. The number of nitrogens with one attached hydrogen (secondary N) is 1. The highest BCUT2D eigenvalue weighted by atomic mass is 16.2. The van der Waals surface area contributed by atoms with Crippen molar-refractivity contribution in [2.45, 2.75) is 123 Å². The Morgan fingerprint density at radius 1 is 0.829 bits per heavy atom. The summed E-state index contributed by atoms with van der Waals surface area (Å²) < 4.78 is 0. The highest BCUT2D eigenvalue weighted by Crippen LogP contribution is 2.18. The minimum Gasteiger partial charge on any atom is -0.353 e. The number of hydrogen-bond acceptors (Lipinski definition) is 2. The SMILES string of the molecule is CCCCCC(=O)N(CCC=C=CCCCC=C=CCC=C=CCCCC(=O)NC1CC1)C(C)C. The van der Waals surface area contributed by atoms with Gasteiger partial charge in [0.2, 0.25) is 11.8 Å². The van der Waals surface area contributed by atoms with E-state index in [0.29, 0.717) is 18.9 Å². The molecule has 1 N–H and O–H groups in total. The molecule has 0 aromatic carbocycles. The molecule has 0 heterocycles. The third kappa shape index (κ3) is 18.5. The molecule has 1 rings (SSSR count). The molecule has 0 saturated heterocycles. The first-order valence-electron chi connectivity index (χ1n) is 13.8. The van der Waals surface area contributed by atoms with Gasteiger partial charge in [-0.3, -0.25) is 9.59 Å². The lowest BCUT2D eigenvalue weighted by atomic mass is 10.1. The molecule has 0 radical (unpaired) electrons. The maximum Gasteiger partial charge on any atom is 0.222 e. The van der Waals surface area contributed by atoms with Crippen LogP contribution in [-0.2, 0) is 9.59 Å². The van der Waals surface area contributed by atoms with Crippen LogP contribution in [0.5, 0.6) is 0 Å². The molecule has 4 nitrogen and oxygen atoms in total. The Morgan fingerprint density at radius 3 is 2.03 bits per heavy atom. The summed E-state index contributed by atoms with van der Waals surface area (Å²) in [5.41, 5.74) is 9.65. The van der Waals surface area contributed by atoms with E-state index in [1.165, 1.54) is 0 Å². The number of amides is 2. The molecule has 0 spiro atoms. The Hall–Kier alpha value is -2.50. The summed E-state index contributed by atoms with van der Waals surface area (Å²) in [4.78, 5) is 25.9. The molecule has 194 valence electrons. The third-order valence-corrected chi connectivity index (χ3v) is 5.79. The van der Waals surface area contributed by atoms with E-state index in [0.717, 1.165) is 83.6 Å². The van der Waals surface area contributed by atoms with Crippen molar-refractivity contribution in [2.24, 2.45) is 0 Å². The van der Waals surface area contributed by atoms with E-state index in [-0.39, 0.29) is 17.9 Å². The fourth-order valence-electron chi connectivity index (χ4n) is 3.54. The number of carbonyl (C=O) groups is 2. The topological polar surface area (TPSA) is 49.4 Å². The van der Waals surface area contributed by atoms with Crippen LogP contribution in [0.2, 0.25) is 0 Å². The Kier molecular flexibility index (Phi) is 18.2. The largest absolute Gasteiger partial charge is 0.353 e. The Bertz CT molecular complexity index is 785. The minimum absolute atomic E-state index is 0.184. The second kappa shape index (κ2) is 20.8. The number of hydrogen-bond donors (Lipinski definition) is 1. The number of rotatable bonds is 19. The van der Waals surface area contributed by atoms with Gasteiger partial charge >= 0.3 is 0 Å². The average molecular weight is 481 g/mol. The van der Waals surface area contributed by atoms with E-state index < -0.39 is 0 Å². The van der Waals surface area contributed by atoms with Crippen LogP contribution in [0.25, 0.3) is 0 Å². The number of carbonyl (C=O) groups excluding carboxylic acids is 2. The number of nitrogens with zero attached hydrogens (tertiary/aromatic N) is 1. The first-order chi connectivity index (χ1) is 17.0. The van der Waals surface area contributed by atoms with Crippen LogP contribution in [0.15, 0.2) is 53.6 Å². The van der Waals surface area contributed by atoms with E-state index >= 15 is 0 Å². The van der Waals surface area contributed by atoms with Crippen LogP contribution in [-0.4, -0.2) is 35.3 Å². The maximum atomic E-state index is 12.4. The third-order valence-electron chi connectivity index (χ3n) is 5.79. The maximum absolute atomic E-state index is 12.4. The molecule has 0 aromatic heterocycles. The predicted octanol–water partition coefficient (Wildman–Crippen LogP) is 7.34. The zero-order chi connectivity index (χ0) is 25.6. The van der Waals surface area contributed by atoms with Crippen molar-refractivity contribution in [3.8, 4) is 0 Å². The average Bonchev–Trinajstić information content (AvgIpc) is 3.64. The van der Waals surface area contributed by atoms with Crippen LogP contribution in [0.4, 0.5) is 0 Å². The Labute approximate surface area is 214 Å². The second-order valence-electron chi connectivity index (χ2n) is 9.55. The van der Waals surface area contributed by atoms with Crippen LogP contribution in [0.1, 0.15) is 111 Å². The van der Waals surface area contributed by atoms with Gasteiger partial charge in [-0.1, -0.05) is 19.8 Å². The van der Waals surface area contributed by atoms with Gasteiger partial charge in [0.15, 0.2) is 0 Å². The summed E-state index contributed by atoms with van der Waals surface area (Å²) in [5.74, 6) is 0.464. The summed E-state index contributed by atoms with van der Waals surface area (Å²) in [6.07, 6.45) is 25.6. The van der Waals surface area contributed by atoms with E-state index in [4.69, 9.17) is 0 Å². The van der Waals surface area contributed by atoms with Gasteiger partial charge in [0.1, 0.15) is 0 Å².